The molecule has 0 heterocycles. The maximum Gasteiger partial charge on any atom is 0.509 e. The Morgan fingerprint density at radius 1 is 0.262 bits per heavy atom. The second-order valence-electron chi connectivity index (χ2n) is 47.9. The van der Waals surface area contributed by atoms with Crippen LogP contribution in [0.2, 0.25) is 0 Å². The second-order valence-corrected chi connectivity index (χ2v) is 51.4. The SMILES string of the molecule is CC(C)(C)NC(=O)OC1/C=C/C(O)CC(OC(C)(C)C)C(O)C1.CC(C)(C)NC(=O)OC1/C=C/CC(O)CCC1.CC(C)(C)NC(=O)OC1/C=C/CC(OC(C)(C)C)CCC1.CC(C)(C)OC(=O)OC1/C=C/C(O)CC(OC(C)(C)C)C(O)C1.CC(C)(C)OC(=O)OC1/C=C/CC(O)CCC1.CC(C)(C)OC1CC(O)/C=C/C(OC(=O)SC(C)(C)C)CC1O.CC(C)(C)SC(=O)OC1/C=C/CC(O)CCC1. The fourth-order valence-electron chi connectivity index (χ4n) is 14.2. The van der Waals surface area contributed by atoms with Crippen molar-refractivity contribution in [3.05, 3.63) is 85.1 Å². The average Bonchev–Trinajstić information content (AvgIpc) is 0.847. The number of carbonyl (C=O) groups excluding carboxylic acids is 7. The van der Waals surface area contributed by atoms with E-state index in [9.17, 15) is 79.5 Å². The lowest BCUT2D eigenvalue weighted by molar-refractivity contribution is -0.130. The quantitative estimate of drug-likeness (QED) is 0.0519. The monoisotopic (exact) mass is 2040 g/mol. The Morgan fingerprint density at radius 2 is 0.504 bits per heavy atom. The van der Waals surface area contributed by atoms with E-state index < -0.39 is 125 Å². The minimum atomic E-state index is -0.860. The Bertz CT molecular complexity index is 3500. The third-order valence-corrected chi connectivity index (χ3v) is 21.4. The molecule has 0 aromatic heterocycles. The van der Waals surface area contributed by atoms with E-state index in [2.05, 4.69) is 42.8 Å². The Kier molecular flexibility index (Phi) is 58.4. The number of alkyl carbamates (subject to hydrolysis) is 3. The molecule has 20 unspecified atom stereocenters. The number of aliphatic hydroxyl groups excluding tert-OH is 9. The van der Waals surface area contributed by atoms with Gasteiger partial charge in [0, 0.05) is 64.6 Å². The van der Waals surface area contributed by atoms with Crippen molar-refractivity contribution >= 4 is 64.7 Å². The largest absolute Gasteiger partial charge is 0.509 e. The molecule has 7 aliphatic rings. The molecule has 0 radical (unpaired) electrons. The van der Waals surface area contributed by atoms with Crippen molar-refractivity contribution in [2.24, 2.45) is 0 Å². The van der Waals surface area contributed by atoms with Crippen molar-refractivity contribution < 1.29 is 141 Å². The third-order valence-electron chi connectivity index (χ3n) is 19.7. The molecule has 0 aliphatic heterocycles. The molecule has 7 rings (SSSR count). The highest BCUT2D eigenvalue weighted by molar-refractivity contribution is 8.14. The molecule has 0 aromatic rings. The molecule has 0 bridgehead atoms. The number of ether oxygens (including phenoxy) is 13. The smallest absolute Gasteiger partial charge is 0.450 e. The second kappa shape index (κ2) is 62.1. The summed E-state index contributed by atoms with van der Waals surface area (Å²) in [6.07, 6.45) is 27.1. The molecule has 0 saturated heterocycles. The molecule has 141 heavy (non-hydrogen) atoms. The Balaban J connectivity index is 0.000000826. The van der Waals surface area contributed by atoms with E-state index in [0.717, 1.165) is 95.2 Å². The van der Waals surface area contributed by atoms with Crippen LogP contribution < -0.4 is 16.0 Å². The highest BCUT2D eigenvalue weighted by Crippen LogP contribution is 2.33. The van der Waals surface area contributed by atoms with Crippen molar-refractivity contribution in [2.75, 3.05) is 0 Å². The molecule has 818 valence electrons. The van der Waals surface area contributed by atoms with Gasteiger partial charge in [0.05, 0.1) is 102 Å². The number of nitrogens with one attached hydrogen (secondary N) is 3. The summed E-state index contributed by atoms with van der Waals surface area (Å²) in [5.74, 6) is 0. The fourth-order valence-corrected chi connectivity index (χ4v) is 15.6. The Morgan fingerprint density at radius 3 is 0.780 bits per heavy atom. The summed E-state index contributed by atoms with van der Waals surface area (Å²) in [4.78, 5) is 82.1. The molecule has 0 saturated carbocycles. The lowest BCUT2D eigenvalue weighted by atomic mass is 9.96. The number of hydrogen-bond donors (Lipinski definition) is 12. The topological polar surface area (TPSA) is 458 Å². The van der Waals surface area contributed by atoms with Gasteiger partial charge in [-0.2, -0.15) is 0 Å². The molecule has 20 atom stereocenters. The lowest BCUT2D eigenvalue weighted by Gasteiger charge is -2.34. The van der Waals surface area contributed by atoms with Gasteiger partial charge in [0.1, 0.15) is 53.9 Å². The number of carbonyl (C=O) groups is 7. The standard InChI is InChI=1S/C17H31NO5.C17H31NO3.C17H30O6.C17H30O5S.C13H23NO3.C13H22O4.C13H22O3S/c1-16(2,3)18-15(21)22-12-8-7-11(19)9-14(13(20)10-12)23-17(4,5)6;1-16(2,3)18-15(19)20-13-9-7-11-14(12-8-10-13)21-17(4,5)6;2*1-16(2,3)22-14-9-11(18)7-8-12(10-13(14)19)21-15(20)23-17(4,5)6;1-13(2,3)14-12(16)17-11-8-4-6-10(15)7-5-9-11;2*1-13(2,3)17-12(15)16-11-8-4-6-10(14)7-5-9-11/h7-8,11-14,19-20H,9-10H2,1-6H3,(H,18,21);7,9,13-14H,8,10-12H2,1-6H3,(H,18,19);2*7-8,11-14,18-19H,9-10H2,1-6H3;4,8,10-11,15H,5-7,9H2,1-3H3,(H,14,16);2*4,8,10-11,14H,5-7,9H2,1-3H3/b8-7+;9-7+;2*8-7+;3*8-4+. The molecular weight excluding hydrogens is 1860 g/mol. The van der Waals surface area contributed by atoms with Crippen LogP contribution in [0.5, 0.6) is 0 Å². The van der Waals surface area contributed by atoms with E-state index >= 15 is 0 Å². The summed E-state index contributed by atoms with van der Waals surface area (Å²) in [6, 6.07) is 0. The van der Waals surface area contributed by atoms with Gasteiger partial charge in [0.2, 0.25) is 0 Å². The number of rotatable bonds is 11. The van der Waals surface area contributed by atoms with Crippen LogP contribution in [0.25, 0.3) is 0 Å². The lowest BCUT2D eigenvalue weighted by Crippen LogP contribution is -2.44. The highest BCUT2D eigenvalue weighted by Gasteiger charge is 2.38. The summed E-state index contributed by atoms with van der Waals surface area (Å²) in [5.41, 5.74) is -3.56. The minimum absolute atomic E-state index is 0.111. The van der Waals surface area contributed by atoms with Crippen LogP contribution in [0.15, 0.2) is 85.1 Å². The number of thioether (sulfide) groups is 2. The summed E-state index contributed by atoms with van der Waals surface area (Å²) >= 11 is 2.32. The van der Waals surface area contributed by atoms with Crippen LogP contribution in [0.1, 0.15) is 370 Å². The molecular formula is C107H189N3O29S2. The zero-order valence-corrected chi connectivity index (χ0v) is 93.3. The van der Waals surface area contributed by atoms with Crippen LogP contribution in [-0.4, -0.2) is 269 Å². The summed E-state index contributed by atoms with van der Waals surface area (Å²) in [7, 11) is 0. The van der Waals surface area contributed by atoms with Gasteiger partial charge in [0.25, 0.3) is 0 Å². The molecule has 3 amide bonds. The van der Waals surface area contributed by atoms with E-state index in [1.807, 2.05) is 209 Å². The van der Waals surface area contributed by atoms with Crippen LogP contribution in [0.3, 0.4) is 0 Å². The maximum atomic E-state index is 12.0. The number of hydrogen-bond acceptors (Lipinski definition) is 31. The fraction of sp³-hybridized carbons (Fsp3) is 0.804. The first-order chi connectivity index (χ1) is 64.2. The number of amides is 3. The van der Waals surface area contributed by atoms with Gasteiger partial charge in [-0.05, 0) is 356 Å². The van der Waals surface area contributed by atoms with Gasteiger partial charge in [-0.25, -0.2) is 33.6 Å². The maximum absolute atomic E-state index is 12.0. The molecule has 0 aromatic carbocycles. The van der Waals surface area contributed by atoms with Crippen molar-refractivity contribution in [1.29, 1.82) is 0 Å². The molecule has 0 fully saturated rings. The molecule has 12 N–H and O–H groups in total. The van der Waals surface area contributed by atoms with Gasteiger partial charge in [-0.1, -0.05) is 84.1 Å². The van der Waals surface area contributed by atoms with E-state index in [1.165, 1.54) is 11.8 Å². The highest BCUT2D eigenvalue weighted by atomic mass is 32.2. The van der Waals surface area contributed by atoms with E-state index in [1.54, 1.807) is 78.0 Å². The third kappa shape index (κ3) is 75.1. The Hall–Kier alpha value is -6.35. The van der Waals surface area contributed by atoms with Gasteiger partial charge in [-0.3, -0.25) is 0 Å². The van der Waals surface area contributed by atoms with Gasteiger partial charge in [-0.15, -0.1) is 0 Å². The molecule has 7 aliphatic carbocycles. The van der Waals surface area contributed by atoms with Crippen LogP contribution in [0.4, 0.5) is 33.6 Å². The van der Waals surface area contributed by atoms with Gasteiger partial charge in [0.15, 0.2) is 0 Å². The van der Waals surface area contributed by atoms with Crippen molar-refractivity contribution in [3.8, 4) is 0 Å². The molecule has 34 heteroatoms. The zero-order chi connectivity index (χ0) is 108. The van der Waals surface area contributed by atoms with Crippen molar-refractivity contribution in [1.82, 2.24) is 16.0 Å². The Labute approximate surface area is 853 Å². The number of aliphatic hydroxyl groups is 9. The van der Waals surface area contributed by atoms with Crippen molar-refractivity contribution in [2.45, 2.75) is 552 Å². The van der Waals surface area contributed by atoms with Crippen LogP contribution >= 0.6 is 23.5 Å². The normalized spacial score (nSPS) is 29.1. The van der Waals surface area contributed by atoms with Crippen LogP contribution in [0, 0.1) is 0 Å². The first-order valence-corrected chi connectivity index (χ1v) is 52.0. The van der Waals surface area contributed by atoms with E-state index in [-0.39, 0.29) is 123 Å². The predicted molar refractivity (Wildman–Crippen MR) is 555 cm³/mol. The minimum Gasteiger partial charge on any atom is -0.450 e. The summed E-state index contributed by atoms with van der Waals surface area (Å²) in [6.45, 7) is 62.8. The van der Waals surface area contributed by atoms with Gasteiger partial charge >= 0.3 is 41.2 Å². The molecule has 32 nitrogen and oxygen atoms in total. The van der Waals surface area contributed by atoms with Crippen molar-refractivity contribution in [3.63, 3.8) is 0 Å². The average molecular weight is 2050 g/mol. The summed E-state index contributed by atoms with van der Waals surface area (Å²) < 4.78 is 70.7. The first kappa shape index (κ1) is 133. The van der Waals surface area contributed by atoms with Gasteiger partial charge < -0.3 is 123 Å². The van der Waals surface area contributed by atoms with E-state index in [4.69, 9.17) is 61.6 Å². The zero-order valence-electron chi connectivity index (χ0n) is 91.7. The van der Waals surface area contributed by atoms with E-state index in [0.29, 0.717) is 32.1 Å². The van der Waals surface area contributed by atoms with Crippen LogP contribution in [-0.2, 0) is 61.6 Å². The summed E-state index contributed by atoms with van der Waals surface area (Å²) in [5, 5.41) is 97.2. The molecule has 0 spiro atoms. The first-order valence-electron chi connectivity index (χ1n) is 50.3. The predicted octanol–water partition coefficient (Wildman–Crippen LogP) is 20.9.